The molecule has 0 saturated heterocycles. The van der Waals surface area contributed by atoms with Gasteiger partial charge in [-0.2, -0.15) is 5.10 Å². The van der Waals surface area contributed by atoms with Gasteiger partial charge in [-0.25, -0.2) is 14.2 Å². The standard InChI is InChI=1S/C14H18FN3O/c1-2-3-4-13-12(9-18(17-13)14(16)19)10-5-7-11(15)8-6-10/h5-8,12H,2-4,9H2,1H3,(H2,16,19). The first kappa shape index (κ1) is 13.5. The zero-order chi connectivity index (χ0) is 13.8. The van der Waals surface area contributed by atoms with Crippen molar-refractivity contribution in [3.63, 3.8) is 0 Å². The van der Waals surface area contributed by atoms with Crippen LogP contribution in [0.25, 0.3) is 0 Å². The fraction of sp³-hybridized carbons (Fsp3) is 0.429. The Labute approximate surface area is 112 Å². The zero-order valence-corrected chi connectivity index (χ0v) is 11.0. The molecule has 2 N–H and O–H groups in total. The van der Waals surface area contributed by atoms with Crippen LogP contribution < -0.4 is 5.73 Å². The van der Waals surface area contributed by atoms with Crippen molar-refractivity contribution in [3.8, 4) is 0 Å². The van der Waals surface area contributed by atoms with E-state index < -0.39 is 6.03 Å². The van der Waals surface area contributed by atoms with E-state index in [0.717, 1.165) is 30.5 Å². The number of nitrogens with zero attached hydrogens (tertiary/aromatic N) is 2. The van der Waals surface area contributed by atoms with Crippen LogP contribution in [0.2, 0.25) is 0 Å². The second-order valence-electron chi connectivity index (χ2n) is 4.72. The summed E-state index contributed by atoms with van der Waals surface area (Å²) in [6.07, 6.45) is 2.91. The number of hydrazone groups is 1. The molecule has 2 amide bonds. The summed E-state index contributed by atoms with van der Waals surface area (Å²) in [5.74, 6) is -0.236. The third-order valence-corrected chi connectivity index (χ3v) is 3.32. The minimum absolute atomic E-state index is 0.0275. The highest BCUT2D eigenvalue weighted by atomic mass is 19.1. The van der Waals surface area contributed by atoms with E-state index in [9.17, 15) is 9.18 Å². The van der Waals surface area contributed by atoms with Crippen molar-refractivity contribution >= 4 is 11.7 Å². The summed E-state index contributed by atoms with van der Waals surface area (Å²) >= 11 is 0. The summed E-state index contributed by atoms with van der Waals surface area (Å²) in [7, 11) is 0. The van der Waals surface area contributed by atoms with E-state index in [1.807, 2.05) is 0 Å². The second-order valence-corrected chi connectivity index (χ2v) is 4.72. The molecule has 0 bridgehead atoms. The lowest BCUT2D eigenvalue weighted by molar-refractivity contribution is 0.214. The molecule has 4 nitrogen and oxygen atoms in total. The van der Waals surface area contributed by atoms with Crippen LogP contribution in [0.5, 0.6) is 0 Å². The molecule has 1 aromatic carbocycles. The maximum Gasteiger partial charge on any atom is 0.335 e. The molecule has 1 unspecified atom stereocenters. The zero-order valence-electron chi connectivity index (χ0n) is 11.0. The van der Waals surface area contributed by atoms with E-state index in [0.29, 0.717) is 6.54 Å². The smallest absolute Gasteiger partial charge is 0.335 e. The summed E-state index contributed by atoms with van der Waals surface area (Å²) in [4.78, 5) is 11.2. The summed E-state index contributed by atoms with van der Waals surface area (Å²) in [6, 6.07) is 5.80. The molecule has 0 radical (unpaired) electrons. The molecule has 1 heterocycles. The lowest BCUT2D eigenvalue weighted by Crippen LogP contribution is -2.30. The molecule has 1 aromatic rings. The molecule has 0 fully saturated rings. The van der Waals surface area contributed by atoms with E-state index in [4.69, 9.17) is 5.73 Å². The Kier molecular flexibility index (Phi) is 4.14. The summed E-state index contributed by atoms with van der Waals surface area (Å²) in [6.45, 7) is 2.55. The lowest BCUT2D eigenvalue weighted by Gasteiger charge is -2.13. The highest BCUT2D eigenvalue weighted by Gasteiger charge is 2.29. The minimum Gasteiger partial charge on any atom is -0.350 e. The highest BCUT2D eigenvalue weighted by molar-refractivity contribution is 5.94. The predicted octanol–water partition coefficient (Wildman–Crippen LogP) is 2.85. The number of rotatable bonds is 4. The Morgan fingerprint density at radius 3 is 2.74 bits per heavy atom. The molecular formula is C14H18FN3O. The third-order valence-electron chi connectivity index (χ3n) is 3.32. The van der Waals surface area contributed by atoms with E-state index in [-0.39, 0.29) is 11.7 Å². The van der Waals surface area contributed by atoms with Gasteiger partial charge in [0.05, 0.1) is 6.54 Å². The average molecular weight is 263 g/mol. The molecule has 2 rings (SSSR count). The van der Waals surface area contributed by atoms with E-state index in [1.165, 1.54) is 17.1 Å². The molecule has 0 spiro atoms. The number of halogens is 1. The normalized spacial score (nSPS) is 18.5. The van der Waals surface area contributed by atoms with Gasteiger partial charge in [0.1, 0.15) is 5.82 Å². The number of carbonyl (C=O) groups excluding carboxylic acids is 1. The van der Waals surface area contributed by atoms with Crippen LogP contribution in [0.3, 0.4) is 0 Å². The number of hydrogen-bond donors (Lipinski definition) is 1. The molecule has 1 aliphatic heterocycles. The average Bonchev–Trinajstić information content (AvgIpc) is 2.81. The Morgan fingerprint density at radius 2 is 2.16 bits per heavy atom. The van der Waals surface area contributed by atoms with Gasteiger partial charge in [0.2, 0.25) is 0 Å². The van der Waals surface area contributed by atoms with Crippen molar-refractivity contribution in [2.24, 2.45) is 10.8 Å². The first-order valence-corrected chi connectivity index (χ1v) is 6.51. The molecule has 0 saturated carbocycles. The van der Waals surface area contributed by atoms with Gasteiger partial charge in [-0.3, -0.25) is 0 Å². The van der Waals surface area contributed by atoms with Gasteiger partial charge in [-0.05, 0) is 30.5 Å². The number of amides is 2. The van der Waals surface area contributed by atoms with E-state index >= 15 is 0 Å². The van der Waals surface area contributed by atoms with Crippen LogP contribution in [0.1, 0.15) is 37.7 Å². The molecule has 0 aromatic heterocycles. The highest BCUT2D eigenvalue weighted by Crippen LogP contribution is 2.27. The fourth-order valence-corrected chi connectivity index (χ4v) is 2.26. The van der Waals surface area contributed by atoms with Crippen molar-refractivity contribution < 1.29 is 9.18 Å². The van der Waals surface area contributed by atoms with Gasteiger partial charge < -0.3 is 5.73 Å². The third kappa shape index (κ3) is 3.10. The van der Waals surface area contributed by atoms with Crippen LogP contribution in [0.15, 0.2) is 29.4 Å². The van der Waals surface area contributed by atoms with Gasteiger partial charge in [0, 0.05) is 11.6 Å². The minimum atomic E-state index is -0.543. The van der Waals surface area contributed by atoms with Gasteiger partial charge >= 0.3 is 6.03 Å². The Bertz CT molecular complexity index is 484. The van der Waals surface area contributed by atoms with E-state index in [2.05, 4.69) is 12.0 Å². The van der Waals surface area contributed by atoms with Gasteiger partial charge in [-0.15, -0.1) is 0 Å². The maximum atomic E-state index is 13.0. The molecule has 1 atom stereocenters. The molecule has 102 valence electrons. The van der Waals surface area contributed by atoms with Crippen LogP contribution in [-0.4, -0.2) is 23.3 Å². The molecule has 1 aliphatic rings. The topological polar surface area (TPSA) is 58.7 Å². The van der Waals surface area contributed by atoms with Crippen molar-refractivity contribution in [1.29, 1.82) is 0 Å². The first-order chi connectivity index (χ1) is 9.11. The number of primary amides is 1. The SMILES string of the molecule is CCCCC1=NN(C(N)=O)CC1c1ccc(F)cc1. The second kappa shape index (κ2) is 5.82. The quantitative estimate of drug-likeness (QED) is 0.892. The molecule has 19 heavy (non-hydrogen) atoms. The number of urea groups is 1. The maximum absolute atomic E-state index is 13.0. The first-order valence-electron chi connectivity index (χ1n) is 6.51. The van der Waals surface area contributed by atoms with Crippen molar-refractivity contribution in [3.05, 3.63) is 35.6 Å². The fourth-order valence-electron chi connectivity index (χ4n) is 2.26. The van der Waals surface area contributed by atoms with Gasteiger partial charge in [0.25, 0.3) is 0 Å². The Morgan fingerprint density at radius 1 is 1.47 bits per heavy atom. The van der Waals surface area contributed by atoms with Crippen LogP contribution in [0.4, 0.5) is 9.18 Å². The summed E-state index contributed by atoms with van der Waals surface area (Å²) in [5.41, 5.74) is 7.20. The number of nitrogens with two attached hydrogens (primary N) is 1. The number of hydrogen-bond acceptors (Lipinski definition) is 2. The number of unbranched alkanes of at least 4 members (excludes halogenated alkanes) is 1. The van der Waals surface area contributed by atoms with Crippen molar-refractivity contribution in [2.75, 3.05) is 6.54 Å². The Balaban J connectivity index is 2.20. The predicted molar refractivity (Wildman–Crippen MR) is 72.4 cm³/mol. The lowest BCUT2D eigenvalue weighted by atomic mass is 9.92. The van der Waals surface area contributed by atoms with Crippen LogP contribution in [0, 0.1) is 5.82 Å². The van der Waals surface area contributed by atoms with Crippen LogP contribution >= 0.6 is 0 Å². The number of carbonyl (C=O) groups is 1. The molecular weight excluding hydrogens is 245 g/mol. The van der Waals surface area contributed by atoms with Gasteiger partial charge in [0.15, 0.2) is 0 Å². The van der Waals surface area contributed by atoms with E-state index in [1.54, 1.807) is 12.1 Å². The van der Waals surface area contributed by atoms with Gasteiger partial charge in [-0.1, -0.05) is 25.5 Å². The van der Waals surface area contributed by atoms with Crippen LogP contribution in [-0.2, 0) is 0 Å². The molecule has 0 aliphatic carbocycles. The summed E-state index contributed by atoms with van der Waals surface area (Å²) < 4.78 is 13.0. The Hall–Kier alpha value is -1.91. The summed E-state index contributed by atoms with van der Waals surface area (Å²) in [5, 5.41) is 5.58. The largest absolute Gasteiger partial charge is 0.350 e. The van der Waals surface area contributed by atoms with Crippen molar-refractivity contribution in [2.45, 2.75) is 32.1 Å². The molecule has 5 heteroatoms. The van der Waals surface area contributed by atoms with Crippen molar-refractivity contribution in [1.82, 2.24) is 5.01 Å². The monoisotopic (exact) mass is 263 g/mol. The number of benzene rings is 1.